The van der Waals surface area contributed by atoms with E-state index in [-0.39, 0.29) is 18.8 Å². The standard InChI is InChI=1S/C11H17N5O2/c1-7(3-8(4-17)18-2)16-6-15-9-10(12)13-5-14-11(9)16/h5-8,17H,3-4H2,1-2H3,(H2,12,13,14). The molecule has 0 amide bonds. The average molecular weight is 251 g/mol. The highest BCUT2D eigenvalue weighted by molar-refractivity contribution is 5.81. The first kappa shape index (κ1) is 12.7. The van der Waals surface area contributed by atoms with Crippen LogP contribution in [-0.2, 0) is 4.74 Å². The van der Waals surface area contributed by atoms with Gasteiger partial charge in [-0.2, -0.15) is 0 Å². The third-order valence-electron chi connectivity index (χ3n) is 3.00. The summed E-state index contributed by atoms with van der Waals surface area (Å²) in [5, 5.41) is 9.13. The van der Waals surface area contributed by atoms with Gasteiger partial charge in [-0.1, -0.05) is 0 Å². The summed E-state index contributed by atoms with van der Waals surface area (Å²) >= 11 is 0. The normalized spacial score (nSPS) is 14.8. The van der Waals surface area contributed by atoms with Crippen molar-refractivity contribution in [2.24, 2.45) is 0 Å². The fourth-order valence-electron chi connectivity index (χ4n) is 1.93. The number of nitrogen functional groups attached to an aromatic ring is 1. The van der Waals surface area contributed by atoms with Crippen molar-refractivity contribution in [3.8, 4) is 0 Å². The maximum Gasteiger partial charge on any atom is 0.165 e. The number of aromatic nitrogens is 4. The molecule has 0 aromatic carbocycles. The number of hydrogen-bond acceptors (Lipinski definition) is 6. The average Bonchev–Trinajstić information content (AvgIpc) is 2.81. The van der Waals surface area contributed by atoms with Gasteiger partial charge in [-0.3, -0.25) is 0 Å². The van der Waals surface area contributed by atoms with Crippen LogP contribution in [0.4, 0.5) is 5.82 Å². The van der Waals surface area contributed by atoms with Gasteiger partial charge in [0.05, 0.1) is 19.0 Å². The number of hydrogen-bond donors (Lipinski definition) is 2. The Morgan fingerprint density at radius 1 is 1.44 bits per heavy atom. The van der Waals surface area contributed by atoms with Gasteiger partial charge >= 0.3 is 0 Å². The molecule has 0 radical (unpaired) electrons. The molecule has 2 heterocycles. The molecule has 0 aliphatic heterocycles. The SMILES string of the molecule is COC(CO)CC(C)n1cnc2c(N)ncnc21. The van der Waals surface area contributed by atoms with Crippen molar-refractivity contribution >= 4 is 17.0 Å². The number of ether oxygens (including phenoxy) is 1. The molecule has 2 aromatic heterocycles. The molecule has 0 fully saturated rings. The predicted octanol–water partition coefficient (Wildman–Crippen LogP) is 0.367. The highest BCUT2D eigenvalue weighted by Crippen LogP contribution is 2.21. The Balaban J connectivity index is 2.28. The summed E-state index contributed by atoms with van der Waals surface area (Å²) in [6, 6.07) is 0.0985. The summed E-state index contributed by atoms with van der Waals surface area (Å²) in [6.07, 6.45) is 3.58. The number of aliphatic hydroxyl groups is 1. The molecule has 0 aliphatic carbocycles. The second-order valence-corrected chi connectivity index (χ2v) is 4.21. The number of nitrogens with zero attached hydrogens (tertiary/aromatic N) is 4. The van der Waals surface area contributed by atoms with E-state index in [0.29, 0.717) is 23.4 Å². The summed E-state index contributed by atoms with van der Waals surface area (Å²) in [7, 11) is 1.58. The zero-order chi connectivity index (χ0) is 13.1. The molecule has 0 aliphatic rings. The second kappa shape index (κ2) is 5.28. The molecule has 3 N–H and O–H groups in total. The smallest absolute Gasteiger partial charge is 0.165 e. The molecular formula is C11H17N5O2. The Labute approximate surface area is 105 Å². The van der Waals surface area contributed by atoms with Gasteiger partial charge in [0.25, 0.3) is 0 Å². The minimum absolute atomic E-state index is 0.00933. The monoisotopic (exact) mass is 251 g/mol. The van der Waals surface area contributed by atoms with Crippen molar-refractivity contribution in [3.63, 3.8) is 0 Å². The van der Waals surface area contributed by atoms with Crippen molar-refractivity contribution < 1.29 is 9.84 Å². The van der Waals surface area contributed by atoms with Crippen LogP contribution in [0.15, 0.2) is 12.7 Å². The van der Waals surface area contributed by atoms with Crippen LogP contribution >= 0.6 is 0 Å². The van der Waals surface area contributed by atoms with E-state index in [0.717, 1.165) is 0 Å². The van der Waals surface area contributed by atoms with Gasteiger partial charge in [0.2, 0.25) is 0 Å². The van der Waals surface area contributed by atoms with Crippen LogP contribution in [0, 0.1) is 0 Å². The van der Waals surface area contributed by atoms with Crippen molar-refractivity contribution in [3.05, 3.63) is 12.7 Å². The van der Waals surface area contributed by atoms with Gasteiger partial charge in [-0.05, 0) is 13.3 Å². The van der Waals surface area contributed by atoms with Crippen LogP contribution in [-0.4, -0.2) is 44.4 Å². The molecule has 7 nitrogen and oxygen atoms in total. The van der Waals surface area contributed by atoms with E-state index in [2.05, 4.69) is 15.0 Å². The zero-order valence-corrected chi connectivity index (χ0v) is 10.4. The molecule has 7 heteroatoms. The number of fused-ring (bicyclic) bond motifs is 1. The van der Waals surface area contributed by atoms with Gasteiger partial charge in [-0.15, -0.1) is 0 Å². The van der Waals surface area contributed by atoms with Crippen LogP contribution in [0.3, 0.4) is 0 Å². The molecule has 2 atom stereocenters. The zero-order valence-electron chi connectivity index (χ0n) is 10.4. The third kappa shape index (κ3) is 2.27. The van der Waals surface area contributed by atoms with Crippen LogP contribution in [0.1, 0.15) is 19.4 Å². The first-order chi connectivity index (χ1) is 8.67. The van der Waals surface area contributed by atoms with E-state index in [1.807, 2.05) is 11.5 Å². The number of aliphatic hydroxyl groups excluding tert-OH is 1. The lowest BCUT2D eigenvalue weighted by molar-refractivity contribution is 0.0348. The third-order valence-corrected chi connectivity index (χ3v) is 3.00. The number of imidazole rings is 1. The number of nitrogens with two attached hydrogens (primary N) is 1. The molecule has 98 valence electrons. The van der Waals surface area contributed by atoms with Crippen LogP contribution in [0.25, 0.3) is 11.2 Å². The van der Waals surface area contributed by atoms with Crippen molar-refractivity contribution in [1.82, 2.24) is 19.5 Å². The molecule has 2 rings (SSSR count). The first-order valence-electron chi connectivity index (χ1n) is 5.74. The van der Waals surface area contributed by atoms with Crippen molar-refractivity contribution in [2.45, 2.75) is 25.5 Å². The molecule has 0 saturated heterocycles. The highest BCUT2D eigenvalue weighted by Gasteiger charge is 2.16. The lowest BCUT2D eigenvalue weighted by Gasteiger charge is -2.19. The number of rotatable bonds is 5. The van der Waals surface area contributed by atoms with E-state index < -0.39 is 0 Å². The van der Waals surface area contributed by atoms with Crippen LogP contribution < -0.4 is 5.73 Å². The van der Waals surface area contributed by atoms with Gasteiger partial charge in [0.1, 0.15) is 11.8 Å². The van der Waals surface area contributed by atoms with Crippen molar-refractivity contribution in [1.29, 1.82) is 0 Å². The quantitative estimate of drug-likeness (QED) is 0.796. The largest absolute Gasteiger partial charge is 0.394 e. The van der Waals surface area contributed by atoms with E-state index in [4.69, 9.17) is 15.6 Å². The first-order valence-corrected chi connectivity index (χ1v) is 5.74. The second-order valence-electron chi connectivity index (χ2n) is 4.21. The van der Waals surface area contributed by atoms with Crippen LogP contribution in [0.2, 0.25) is 0 Å². The maximum absolute atomic E-state index is 9.13. The molecule has 0 bridgehead atoms. The van der Waals surface area contributed by atoms with Gasteiger partial charge in [0.15, 0.2) is 11.5 Å². The van der Waals surface area contributed by atoms with Crippen LogP contribution in [0.5, 0.6) is 0 Å². The minimum atomic E-state index is -0.198. The summed E-state index contributed by atoms with van der Waals surface area (Å²) in [4.78, 5) is 12.3. The van der Waals surface area contributed by atoms with E-state index in [9.17, 15) is 0 Å². The number of methoxy groups -OCH3 is 1. The fourth-order valence-corrected chi connectivity index (χ4v) is 1.93. The van der Waals surface area contributed by atoms with Gasteiger partial charge < -0.3 is 20.1 Å². The molecular weight excluding hydrogens is 234 g/mol. The minimum Gasteiger partial charge on any atom is -0.394 e. The van der Waals surface area contributed by atoms with Crippen molar-refractivity contribution in [2.75, 3.05) is 19.5 Å². The number of anilines is 1. The lowest BCUT2D eigenvalue weighted by Crippen LogP contribution is -2.20. The maximum atomic E-state index is 9.13. The molecule has 0 saturated carbocycles. The van der Waals surface area contributed by atoms with E-state index >= 15 is 0 Å². The van der Waals surface area contributed by atoms with Gasteiger partial charge in [0, 0.05) is 13.2 Å². The predicted molar refractivity (Wildman–Crippen MR) is 66.9 cm³/mol. The Morgan fingerprint density at radius 2 is 2.22 bits per heavy atom. The Morgan fingerprint density at radius 3 is 2.89 bits per heavy atom. The summed E-state index contributed by atoms with van der Waals surface area (Å²) < 4.78 is 7.07. The lowest BCUT2D eigenvalue weighted by atomic mass is 10.1. The van der Waals surface area contributed by atoms with E-state index in [1.54, 1.807) is 13.4 Å². The highest BCUT2D eigenvalue weighted by atomic mass is 16.5. The summed E-state index contributed by atoms with van der Waals surface area (Å²) in [6.45, 7) is 2.01. The van der Waals surface area contributed by atoms with E-state index in [1.165, 1.54) is 6.33 Å². The molecule has 2 aromatic rings. The summed E-state index contributed by atoms with van der Waals surface area (Å²) in [5.41, 5.74) is 7.03. The fraction of sp³-hybridized carbons (Fsp3) is 0.545. The molecule has 2 unspecified atom stereocenters. The topological polar surface area (TPSA) is 99.1 Å². The Kier molecular flexibility index (Phi) is 3.73. The van der Waals surface area contributed by atoms with Gasteiger partial charge in [-0.25, -0.2) is 15.0 Å². The Hall–Kier alpha value is -1.73. The Bertz CT molecular complexity index is 523. The summed E-state index contributed by atoms with van der Waals surface area (Å²) in [5.74, 6) is 0.372. The molecule has 18 heavy (non-hydrogen) atoms. The molecule has 0 spiro atoms.